The number of nitrogens with one attached hydrogen (secondary N) is 1. The van der Waals surface area contributed by atoms with Crippen molar-refractivity contribution in [3.8, 4) is 5.75 Å². The lowest BCUT2D eigenvalue weighted by atomic mass is 10.1. The van der Waals surface area contributed by atoms with E-state index >= 15 is 0 Å². The third-order valence-corrected chi connectivity index (χ3v) is 3.73. The van der Waals surface area contributed by atoms with Gasteiger partial charge in [-0.1, -0.05) is 0 Å². The summed E-state index contributed by atoms with van der Waals surface area (Å²) in [5.74, 6) is -0.694. The molecule has 1 aromatic carbocycles. The number of carbonyl (C=O) groups is 2. The fourth-order valence-electron chi connectivity index (χ4n) is 2.59. The lowest BCUT2D eigenvalue weighted by Crippen LogP contribution is -2.34. The maximum atomic E-state index is 12.2. The number of ether oxygens (including phenoxy) is 2. The van der Waals surface area contributed by atoms with Crippen LogP contribution >= 0.6 is 0 Å². The molecule has 1 aromatic heterocycles. The summed E-state index contributed by atoms with van der Waals surface area (Å²) in [5.41, 5.74) is -0.567. The molecule has 1 N–H and O–H groups in total. The summed E-state index contributed by atoms with van der Waals surface area (Å²) in [6.07, 6.45) is 1.86. The van der Waals surface area contributed by atoms with Crippen molar-refractivity contribution < 1.29 is 23.5 Å². The average molecular weight is 331 g/mol. The maximum absolute atomic E-state index is 12.2. The van der Waals surface area contributed by atoms with Crippen molar-refractivity contribution in [2.24, 2.45) is 0 Å². The second kappa shape index (κ2) is 6.84. The minimum atomic E-state index is -0.743. The van der Waals surface area contributed by atoms with Crippen molar-refractivity contribution in [2.75, 3.05) is 13.2 Å². The fourth-order valence-corrected chi connectivity index (χ4v) is 2.59. The van der Waals surface area contributed by atoms with Gasteiger partial charge in [0, 0.05) is 31.5 Å². The van der Waals surface area contributed by atoms with Gasteiger partial charge in [0.1, 0.15) is 16.9 Å². The molecule has 1 atom stereocenters. The SMILES string of the molecule is CC(=O)Oc1ccc2cc(C(=O)NCC3CCCO3)c(=O)oc2c1. The molecule has 1 aliphatic heterocycles. The lowest BCUT2D eigenvalue weighted by molar-refractivity contribution is -0.131. The molecule has 1 aliphatic rings. The minimum Gasteiger partial charge on any atom is -0.427 e. The molecule has 1 fully saturated rings. The Hall–Kier alpha value is -2.67. The zero-order valence-corrected chi connectivity index (χ0v) is 13.2. The van der Waals surface area contributed by atoms with Gasteiger partial charge in [-0.3, -0.25) is 9.59 Å². The highest BCUT2D eigenvalue weighted by Gasteiger charge is 2.19. The van der Waals surface area contributed by atoms with Crippen LogP contribution in [0.15, 0.2) is 33.5 Å². The Labute approximate surface area is 137 Å². The van der Waals surface area contributed by atoms with Gasteiger partial charge in [-0.25, -0.2) is 4.79 Å². The van der Waals surface area contributed by atoms with Gasteiger partial charge in [0.15, 0.2) is 0 Å². The number of carbonyl (C=O) groups excluding carboxylic acids is 2. The van der Waals surface area contributed by atoms with E-state index in [1.165, 1.54) is 19.1 Å². The van der Waals surface area contributed by atoms with Gasteiger partial charge >= 0.3 is 11.6 Å². The maximum Gasteiger partial charge on any atom is 0.349 e. The van der Waals surface area contributed by atoms with Crippen LogP contribution in [-0.4, -0.2) is 31.1 Å². The number of benzene rings is 1. The second-order valence-corrected chi connectivity index (χ2v) is 5.59. The number of hydrogen-bond acceptors (Lipinski definition) is 6. The molecule has 24 heavy (non-hydrogen) atoms. The van der Waals surface area contributed by atoms with Crippen molar-refractivity contribution >= 4 is 22.8 Å². The van der Waals surface area contributed by atoms with Crippen LogP contribution in [0.4, 0.5) is 0 Å². The summed E-state index contributed by atoms with van der Waals surface area (Å²) >= 11 is 0. The molecule has 7 nitrogen and oxygen atoms in total. The number of rotatable bonds is 4. The van der Waals surface area contributed by atoms with E-state index in [2.05, 4.69) is 5.32 Å². The predicted molar refractivity (Wildman–Crippen MR) is 85.1 cm³/mol. The second-order valence-electron chi connectivity index (χ2n) is 5.59. The number of amides is 1. The first-order chi connectivity index (χ1) is 11.5. The Balaban J connectivity index is 1.80. The van der Waals surface area contributed by atoms with Crippen molar-refractivity contribution in [1.82, 2.24) is 5.32 Å². The smallest absolute Gasteiger partial charge is 0.349 e. The minimum absolute atomic E-state index is 0.00673. The van der Waals surface area contributed by atoms with Gasteiger partial charge < -0.3 is 19.2 Å². The summed E-state index contributed by atoms with van der Waals surface area (Å²) in [7, 11) is 0. The Kier molecular flexibility index (Phi) is 4.61. The number of hydrogen-bond donors (Lipinski definition) is 1. The quantitative estimate of drug-likeness (QED) is 0.520. The first-order valence-corrected chi connectivity index (χ1v) is 7.69. The molecule has 0 bridgehead atoms. The summed E-state index contributed by atoms with van der Waals surface area (Å²) in [6, 6.07) is 6.08. The molecular weight excluding hydrogens is 314 g/mol. The van der Waals surface area contributed by atoms with Gasteiger partial charge in [-0.15, -0.1) is 0 Å². The molecule has 0 radical (unpaired) electrons. The van der Waals surface area contributed by atoms with E-state index in [9.17, 15) is 14.4 Å². The highest BCUT2D eigenvalue weighted by Crippen LogP contribution is 2.20. The Morgan fingerprint density at radius 2 is 2.17 bits per heavy atom. The first kappa shape index (κ1) is 16.2. The summed E-state index contributed by atoms with van der Waals surface area (Å²) < 4.78 is 15.5. The van der Waals surface area contributed by atoms with Crippen LogP contribution in [0.3, 0.4) is 0 Å². The zero-order chi connectivity index (χ0) is 17.1. The lowest BCUT2D eigenvalue weighted by Gasteiger charge is -2.10. The van der Waals surface area contributed by atoms with Crippen molar-refractivity contribution in [3.63, 3.8) is 0 Å². The van der Waals surface area contributed by atoms with Crippen LogP contribution in [0.5, 0.6) is 5.75 Å². The Morgan fingerprint density at radius 1 is 1.33 bits per heavy atom. The first-order valence-electron chi connectivity index (χ1n) is 7.69. The molecular formula is C17H17NO6. The van der Waals surface area contributed by atoms with Gasteiger partial charge in [0.2, 0.25) is 0 Å². The molecule has 126 valence electrons. The zero-order valence-electron chi connectivity index (χ0n) is 13.2. The van der Waals surface area contributed by atoms with Crippen molar-refractivity contribution in [2.45, 2.75) is 25.9 Å². The van der Waals surface area contributed by atoms with Gasteiger partial charge in [-0.2, -0.15) is 0 Å². The van der Waals surface area contributed by atoms with E-state index in [0.717, 1.165) is 12.8 Å². The van der Waals surface area contributed by atoms with Gasteiger partial charge in [0.05, 0.1) is 6.10 Å². The van der Waals surface area contributed by atoms with Crippen LogP contribution in [-0.2, 0) is 9.53 Å². The summed E-state index contributed by atoms with van der Waals surface area (Å²) in [4.78, 5) is 35.2. The van der Waals surface area contributed by atoms with Crippen LogP contribution in [0.2, 0.25) is 0 Å². The monoisotopic (exact) mass is 331 g/mol. The average Bonchev–Trinajstić information content (AvgIpc) is 3.04. The van der Waals surface area contributed by atoms with Crippen LogP contribution < -0.4 is 15.7 Å². The molecule has 0 saturated carbocycles. The standard InChI is InChI=1S/C17H17NO6/c1-10(19)23-12-5-4-11-7-14(17(21)24-15(11)8-12)16(20)18-9-13-3-2-6-22-13/h4-5,7-8,13H,2-3,6,9H2,1H3,(H,18,20). The predicted octanol–water partition coefficient (Wildman–Crippen LogP) is 1.63. The molecule has 1 saturated heterocycles. The molecule has 3 rings (SSSR count). The third-order valence-electron chi connectivity index (χ3n) is 3.73. The highest BCUT2D eigenvalue weighted by atomic mass is 16.5. The number of esters is 1. The third kappa shape index (κ3) is 3.62. The Morgan fingerprint density at radius 3 is 2.88 bits per heavy atom. The molecule has 1 unspecified atom stereocenters. The molecule has 1 amide bonds. The number of fused-ring (bicyclic) bond motifs is 1. The van der Waals surface area contributed by atoms with E-state index in [1.807, 2.05) is 0 Å². The Bertz CT molecular complexity index is 835. The van der Waals surface area contributed by atoms with E-state index in [0.29, 0.717) is 18.5 Å². The molecule has 0 spiro atoms. The van der Waals surface area contributed by atoms with Crippen LogP contribution in [0, 0.1) is 0 Å². The van der Waals surface area contributed by atoms with E-state index in [1.54, 1.807) is 12.1 Å². The van der Waals surface area contributed by atoms with Gasteiger partial charge in [0.25, 0.3) is 5.91 Å². The normalized spacial score (nSPS) is 17.0. The molecule has 2 heterocycles. The summed E-state index contributed by atoms with van der Waals surface area (Å²) in [5, 5.41) is 3.25. The largest absolute Gasteiger partial charge is 0.427 e. The van der Waals surface area contributed by atoms with E-state index in [-0.39, 0.29) is 23.0 Å². The summed E-state index contributed by atoms with van der Waals surface area (Å²) in [6.45, 7) is 2.34. The molecule has 2 aromatic rings. The van der Waals surface area contributed by atoms with E-state index in [4.69, 9.17) is 13.9 Å². The topological polar surface area (TPSA) is 94.8 Å². The fraction of sp³-hybridized carbons (Fsp3) is 0.353. The van der Waals surface area contributed by atoms with E-state index < -0.39 is 17.5 Å². The molecule has 7 heteroatoms. The van der Waals surface area contributed by atoms with Crippen LogP contribution in [0.25, 0.3) is 11.0 Å². The highest BCUT2D eigenvalue weighted by molar-refractivity contribution is 5.96. The van der Waals surface area contributed by atoms with Crippen molar-refractivity contribution in [1.29, 1.82) is 0 Å². The molecule has 0 aliphatic carbocycles. The van der Waals surface area contributed by atoms with Crippen molar-refractivity contribution in [3.05, 3.63) is 40.2 Å². The van der Waals surface area contributed by atoms with Crippen LogP contribution in [0.1, 0.15) is 30.1 Å². The van der Waals surface area contributed by atoms with Gasteiger partial charge in [-0.05, 0) is 31.0 Å².